The third-order valence-corrected chi connectivity index (χ3v) is 4.78. The van der Waals surface area contributed by atoms with Gasteiger partial charge in [-0.3, -0.25) is 9.78 Å². The van der Waals surface area contributed by atoms with E-state index in [1.165, 1.54) is 6.07 Å². The molecule has 0 saturated carbocycles. The molecular weight excluding hydrogens is 432 g/mol. The van der Waals surface area contributed by atoms with Crippen LogP contribution in [0.2, 0.25) is 0 Å². The van der Waals surface area contributed by atoms with E-state index in [-0.39, 0.29) is 16.7 Å². The summed E-state index contributed by atoms with van der Waals surface area (Å²) < 4.78 is 28.9. The van der Waals surface area contributed by atoms with Gasteiger partial charge < -0.3 is 5.32 Å². The summed E-state index contributed by atoms with van der Waals surface area (Å²) in [6.45, 7) is 7.78. The van der Waals surface area contributed by atoms with Crippen LogP contribution < -0.4 is 5.32 Å². The first kappa shape index (κ1) is 20.3. The first-order chi connectivity index (χ1) is 13.0. The van der Waals surface area contributed by atoms with Gasteiger partial charge in [0.2, 0.25) is 0 Å². The van der Waals surface area contributed by atoms with Crippen LogP contribution in [-0.2, 0) is 12.5 Å². The molecule has 2 heterocycles. The van der Waals surface area contributed by atoms with Gasteiger partial charge in [0, 0.05) is 19.7 Å². The highest BCUT2D eigenvalue weighted by atomic mass is 79.9. The van der Waals surface area contributed by atoms with Gasteiger partial charge in [0.05, 0.1) is 21.2 Å². The van der Waals surface area contributed by atoms with Crippen LogP contribution in [0.1, 0.15) is 43.7 Å². The number of rotatable bonds is 4. The number of hydrogen-bond acceptors (Lipinski definition) is 4. The Kier molecular flexibility index (Phi) is 5.22. The van der Waals surface area contributed by atoms with Gasteiger partial charge in [0.1, 0.15) is 11.2 Å². The molecule has 0 spiro atoms. The number of halogens is 3. The second-order valence-corrected chi connectivity index (χ2v) is 8.67. The molecule has 0 bridgehead atoms. The van der Waals surface area contributed by atoms with Crippen LogP contribution in [0, 0.1) is 5.41 Å². The highest BCUT2D eigenvalue weighted by molar-refractivity contribution is 9.10. The molecule has 0 aliphatic heterocycles. The predicted octanol–water partition coefficient (Wildman–Crippen LogP) is 5.00. The van der Waals surface area contributed by atoms with Crippen molar-refractivity contribution in [3.05, 3.63) is 46.2 Å². The molecule has 2 aromatic heterocycles. The van der Waals surface area contributed by atoms with E-state index in [0.717, 1.165) is 24.7 Å². The minimum atomic E-state index is -3.05. The van der Waals surface area contributed by atoms with E-state index in [4.69, 9.17) is 0 Å². The standard InChI is InChI=1S/C19H20BrF2N5O/c1-18(2,3)10-27-13-7-6-12(15(20)16(13)25-26-27)24-17(28)11-5-8-14(23-9-11)19(4,21)22/h5-9H,10H2,1-4H3,(H,24,28). The molecule has 0 aliphatic carbocycles. The van der Waals surface area contributed by atoms with Crippen LogP contribution in [0.3, 0.4) is 0 Å². The molecular formula is C19H20BrF2N5O. The number of alkyl halides is 2. The average Bonchev–Trinajstić information content (AvgIpc) is 2.98. The van der Waals surface area contributed by atoms with E-state index < -0.39 is 11.8 Å². The Bertz CT molecular complexity index is 1020. The fourth-order valence-corrected chi connectivity index (χ4v) is 3.16. The molecule has 0 unspecified atom stereocenters. The summed E-state index contributed by atoms with van der Waals surface area (Å²) in [5, 5.41) is 11.1. The number of amides is 1. The summed E-state index contributed by atoms with van der Waals surface area (Å²) in [5.41, 5.74) is 1.80. The number of pyridine rings is 1. The Morgan fingerprint density at radius 1 is 1.18 bits per heavy atom. The maximum Gasteiger partial charge on any atom is 0.286 e. The third-order valence-electron chi connectivity index (χ3n) is 3.97. The average molecular weight is 452 g/mol. The monoisotopic (exact) mass is 451 g/mol. The van der Waals surface area contributed by atoms with Crippen LogP contribution in [0.4, 0.5) is 14.5 Å². The number of nitrogens with zero attached hydrogens (tertiary/aromatic N) is 4. The summed E-state index contributed by atoms with van der Waals surface area (Å²) in [6, 6.07) is 6.04. The van der Waals surface area contributed by atoms with E-state index in [1.807, 2.05) is 10.7 Å². The van der Waals surface area contributed by atoms with Crippen LogP contribution in [-0.4, -0.2) is 25.9 Å². The fraction of sp³-hybridized carbons (Fsp3) is 0.368. The Labute approximate surface area is 169 Å². The van der Waals surface area contributed by atoms with Crippen molar-refractivity contribution < 1.29 is 13.6 Å². The molecule has 9 heteroatoms. The lowest BCUT2D eigenvalue weighted by atomic mass is 9.97. The lowest BCUT2D eigenvalue weighted by Crippen LogP contribution is -2.16. The maximum atomic E-state index is 13.3. The van der Waals surface area contributed by atoms with Crippen LogP contribution >= 0.6 is 15.9 Å². The smallest absolute Gasteiger partial charge is 0.286 e. The molecule has 3 aromatic rings. The Hall–Kier alpha value is -2.42. The number of anilines is 1. The van der Waals surface area contributed by atoms with Gasteiger partial charge in [-0.25, -0.2) is 4.68 Å². The molecule has 3 rings (SSSR count). The number of aromatic nitrogens is 4. The Morgan fingerprint density at radius 2 is 1.89 bits per heavy atom. The third kappa shape index (κ3) is 4.35. The second-order valence-electron chi connectivity index (χ2n) is 7.88. The molecule has 1 amide bonds. The molecule has 0 saturated heterocycles. The normalized spacial score (nSPS) is 12.4. The van der Waals surface area contributed by atoms with Gasteiger partial charge in [-0.1, -0.05) is 26.0 Å². The number of hydrogen-bond donors (Lipinski definition) is 1. The highest BCUT2D eigenvalue weighted by Crippen LogP contribution is 2.31. The van der Waals surface area contributed by atoms with Crippen molar-refractivity contribution in [3.63, 3.8) is 0 Å². The summed E-state index contributed by atoms with van der Waals surface area (Å²) in [7, 11) is 0. The van der Waals surface area contributed by atoms with Crippen LogP contribution in [0.5, 0.6) is 0 Å². The number of fused-ring (bicyclic) bond motifs is 1. The number of carbonyl (C=O) groups excluding carboxylic acids is 1. The topological polar surface area (TPSA) is 72.7 Å². The zero-order chi connectivity index (χ0) is 20.7. The van der Waals surface area contributed by atoms with E-state index in [1.54, 1.807) is 6.07 Å². The predicted molar refractivity (Wildman–Crippen MR) is 106 cm³/mol. The molecule has 6 nitrogen and oxygen atoms in total. The van der Waals surface area contributed by atoms with Gasteiger partial charge in [-0.15, -0.1) is 5.10 Å². The van der Waals surface area contributed by atoms with Crippen LogP contribution in [0.25, 0.3) is 11.0 Å². The summed E-state index contributed by atoms with van der Waals surface area (Å²) in [6.07, 6.45) is 1.13. The zero-order valence-electron chi connectivity index (χ0n) is 15.9. The van der Waals surface area contributed by atoms with Gasteiger partial charge in [0.15, 0.2) is 0 Å². The quantitative estimate of drug-likeness (QED) is 0.605. The Morgan fingerprint density at radius 3 is 2.46 bits per heavy atom. The lowest BCUT2D eigenvalue weighted by Gasteiger charge is -2.18. The van der Waals surface area contributed by atoms with Gasteiger partial charge in [0.25, 0.3) is 11.8 Å². The van der Waals surface area contributed by atoms with Gasteiger partial charge >= 0.3 is 0 Å². The van der Waals surface area contributed by atoms with Crippen molar-refractivity contribution in [2.75, 3.05) is 5.32 Å². The molecule has 1 aromatic carbocycles. The summed E-state index contributed by atoms with van der Waals surface area (Å²) in [4.78, 5) is 16.1. The first-order valence-electron chi connectivity index (χ1n) is 8.63. The van der Waals surface area contributed by atoms with Crippen molar-refractivity contribution in [2.24, 2.45) is 5.41 Å². The molecule has 0 aliphatic rings. The van der Waals surface area contributed by atoms with Crippen molar-refractivity contribution in [2.45, 2.75) is 40.2 Å². The number of carbonyl (C=O) groups is 1. The minimum Gasteiger partial charge on any atom is -0.321 e. The number of benzene rings is 1. The molecule has 28 heavy (non-hydrogen) atoms. The molecule has 1 N–H and O–H groups in total. The first-order valence-corrected chi connectivity index (χ1v) is 9.42. The summed E-state index contributed by atoms with van der Waals surface area (Å²) >= 11 is 3.47. The van der Waals surface area contributed by atoms with Crippen molar-refractivity contribution >= 4 is 38.6 Å². The molecule has 0 fully saturated rings. The molecule has 0 radical (unpaired) electrons. The zero-order valence-corrected chi connectivity index (χ0v) is 17.5. The largest absolute Gasteiger partial charge is 0.321 e. The van der Waals surface area contributed by atoms with Crippen molar-refractivity contribution in [1.29, 1.82) is 0 Å². The summed E-state index contributed by atoms with van der Waals surface area (Å²) in [5.74, 6) is -3.51. The lowest BCUT2D eigenvalue weighted by molar-refractivity contribution is 0.0127. The van der Waals surface area contributed by atoms with E-state index in [9.17, 15) is 13.6 Å². The van der Waals surface area contributed by atoms with Gasteiger partial charge in [-0.05, 0) is 45.6 Å². The van der Waals surface area contributed by atoms with E-state index in [2.05, 4.69) is 57.3 Å². The molecule has 0 atom stereocenters. The van der Waals surface area contributed by atoms with Crippen LogP contribution in [0.15, 0.2) is 34.9 Å². The van der Waals surface area contributed by atoms with Crippen molar-refractivity contribution in [1.82, 2.24) is 20.0 Å². The maximum absolute atomic E-state index is 13.3. The Balaban J connectivity index is 1.84. The second kappa shape index (κ2) is 7.20. The van der Waals surface area contributed by atoms with E-state index >= 15 is 0 Å². The van der Waals surface area contributed by atoms with Gasteiger partial charge in [-0.2, -0.15) is 8.78 Å². The minimum absolute atomic E-state index is 0.0362. The van der Waals surface area contributed by atoms with Crippen molar-refractivity contribution in [3.8, 4) is 0 Å². The SMILES string of the molecule is CC(C)(C)Cn1nnc2c(Br)c(NC(=O)c3ccc(C(C)(F)F)nc3)ccc21. The highest BCUT2D eigenvalue weighted by Gasteiger charge is 2.26. The number of nitrogens with one attached hydrogen (secondary N) is 1. The fourth-order valence-electron chi connectivity index (χ4n) is 2.65. The van der Waals surface area contributed by atoms with E-state index in [0.29, 0.717) is 22.2 Å². The molecule has 148 valence electrons.